The van der Waals surface area contributed by atoms with E-state index in [1.54, 1.807) is 0 Å². The maximum absolute atomic E-state index is 12.3. The molecule has 1 heterocycles. The molecule has 142 valence electrons. The van der Waals surface area contributed by atoms with Crippen molar-refractivity contribution in [3.05, 3.63) is 53.7 Å². The summed E-state index contributed by atoms with van der Waals surface area (Å²) in [6, 6.07) is 13.3. The minimum atomic E-state index is -0.125. The number of unbranched alkanes of at least 4 members (excludes halogenated alkanes) is 3. The van der Waals surface area contributed by atoms with Crippen LogP contribution in [0.15, 0.2) is 47.0 Å². The molecular formula is C22H26N2O3. The van der Waals surface area contributed by atoms with Gasteiger partial charge in [-0.1, -0.05) is 43.0 Å². The predicted molar refractivity (Wildman–Crippen MR) is 107 cm³/mol. The Labute approximate surface area is 159 Å². The van der Waals surface area contributed by atoms with Crippen molar-refractivity contribution in [3.63, 3.8) is 0 Å². The van der Waals surface area contributed by atoms with Crippen molar-refractivity contribution in [1.82, 2.24) is 5.16 Å². The molecule has 0 saturated carbocycles. The topological polar surface area (TPSA) is 64.4 Å². The molecule has 5 heteroatoms. The molecule has 3 rings (SSSR count). The third-order valence-corrected chi connectivity index (χ3v) is 4.43. The van der Waals surface area contributed by atoms with Gasteiger partial charge in [0, 0.05) is 11.1 Å². The number of aryl methyl sites for hydroxylation is 1. The maximum Gasteiger partial charge on any atom is 0.230 e. The van der Waals surface area contributed by atoms with E-state index in [0.29, 0.717) is 11.3 Å². The van der Waals surface area contributed by atoms with Gasteiger partial charge in [0.25, 0.3) is 0 Å². The molecule has 0 radical (unpaired) electrons. The Morgan fingerprint density at radius 1 is 1.11 bits per heavy atom. The molecule has 0 atom stereocenters. The lowest BCUT2D eigenvalue weighted by Gasteiger charge is -2.08. The number of ether oxygens (including phenoxy) is 1. The molecule has 1 amide bonds. The zero-order valence-corrected chi connectivity index (χ0v) is 16.0. The molecular weight excluding hydrogens is 340 g/mol. The van der Waals surface area contributed by atoms with Gasteiger partial charge in [-0.15, -0.1) is 0 Å². The third-order valence-electron chi connectivity index (χ3n) is 4.43. The molecule has 0 unspecified atom stereocenters. The van der Waals surface area contributed by atoms with Crippen LogP contribution >= 0.6 is 0 Å². The summed E-state index contributed by atoms with van der Waals surface area (Å²) >= 11 is 0. The van der Waals surface area contributed by atoms with E-state index in [4.69, 9.17) is 9.26 Å². The lowest BCUT2D eigenvalue weighted by atomic mass is 10.1. The van der Waals surface area contributed by atoms with Gasteiger partial charge in [-0.05, 0) is 49.7 Å². The molecule has 0 aliphatic carbocycles. The van der Waals surface area contributed by atoms with Crippen LogP contribution in [0, 0.1) is 6.92 Å². The van der Waals surface area contributed by atoms with Crippen LogP contribution in [-0.4, -0.2) is 17.7 Å². The number of carbonyl (C=O) groups excluding carboxylic acids is 1. The Morgan fingerprint density at radius 3 is 2.70 bits per heavy atom. The Bertz CT molecular complexity index is 884. The first-order valence-electron chi connectivity index (χ1n) is 9.53. The second kappa shape index (κ2) is 9.21. The molecule has 0 saturated heterocycles. The molecule has 27 heavy (non-hydrogen) atoms. The number of aromatic nitrogens is 1. The van der Waals surface area contributed by atoms with E-state index in [9.17, 15) is 4.79 Å². The number of amides is 1. The summed E-state index contributed by atoms with van der Waals surface area (Å²) in [4.78, 5) is 12.3. The summed E-state index contributed by atoms with van der Waals surface area (Å²) in [6.07, 6.45) is 4.90. The number of carbonyl (C=O) groups is 1. The summed E-state index contributed by atoms with van der Waals surface area (Å²) < 4.78 is 11.0. The van der Waals surface area contributed by atoms with Crippen molar-refractivity contribution < 1.29 is 14.1 Å². The average Bonchev–Trinajstić information content (AvgIpc) is 3.05. The van der Waals surface area contributed by atoms with E-state index in [1.165, 1.54) is 19.3 Å². The summed E-state index contributed by atoms with van der Waals surface area (Å²) in [7, 11) is 0. The number of fused-ring (bicyclic) bond motifs is 1. The van der Waals surface area contributed by atoms with Crippen LogP contribution in [0.25, 0.3) is 11.0 Å². The summed E-state index contributed by atoms with van der Waals surface area (Å²) in [5.74, 6) is 0.697. The smallest absolute Gasteiger partial charge is 0.230 e. The van der Waals surface area contributed by atoms with Gasteiger partial charge >= 0.3 is 0 Å². The van der Waals surface area contributed by atoms with Gasteiger partial charge in [0.05, 0.1) is 13.0 Å². The monoisotopic (exact) mass is 366 g/mol. The zero-order chi connectivity index (χ0) is 19.1. The summed E-state index contributed by atoms with van der Waals surface area (Å²) in [5.41, 5.74) is 3.20. The minimum absolute atomic E-state index is 0.125. The van der Waals surface area contributed by atoms with Gasteiger partial charge in [-0.2, -0.15) is 0 Å². The first kappa shape index (κ1) is 19.0. The number of anilines is 1. The van der Waals surface area contributed by atoms with Gasteiger partial charge in [-0.25, -0.2) is 0 Å². The Balaban J connectivity index is 1.52. The van der Waals surface area contributed by atoms with Crippen LogP contribution in [0.2, 0.25) is 0 Å². The standard InChI is InChI=1S/C22H26N2O3/c1-3-4-5-6-13-26-18-10-8-17(9-11-18)23-22(25)15-20-19-14-16(2)7-12-21(19)27-24-20/h7-12,14H,3-6,13,15H2,1-2H3,(H,23,25). The van der Waals surface area contributed by atoms with Crippen LogP contribution in [0.5, 0.6) is 5.75 Å². The Morgan fingerprint density at radius 2 is 1.93 bits per heavy atom. The highest BCUT2D eigenvalue weighted by Gasteiger charge is 2.13. The fourth-order valence-electron chi connectivity index (χ4n) is 2.94. The van der Waals surface area contributed by atoms with Crippen molar-refractivity contribution in [2.24, 2.45) is 0 Å². The predicted octanol–water partition coefficient (Wildman–Crippen LogP) is 5.28. The number of benzene rings is 2. The van der Waals surface area contributed by atoms with Crippen LogP contribution in [-0.2, 0) is 11.2 Å². The van der Waals surface area contributed by atoms with E-state index in [1.807, 2.05) is 49.4 Å². The number of hydrogen-bond donors (Lipinski definition) is 1. The normalized spacial score (nSPS) is 10.9. The Hall–Kier alpha value is -2.82. The number of nitrogens with zero attached hydrogens (tertiary/aromatic N) is 1. The quantitative estimate of drug-likeness (QED) is 0.524. The van der Waals surface area contributed by atoms with E-state index >= 15 is 0 Å². The van der Waals surface area contributed by atoms with Gasteiger partial charge in [0.1, 0.15) is 11.4 Å². The molecule has 0 bridgehead atoms. The molecule has 0 aliphatic rings. The Kier molecular flexibility index (Phi) is 6.47. The van der Waals surface area contributed by atoms with Gasteiger partial charge in [0.15, 0.2) is 5.58 Å². The van der Waals surface area contributed by atoms with Crippen LogP contribution in [0.4, 0.5) is 5.69 Å². The largest absolute Gasteiger partial charge is 0.494 e. The van der Waals surface area contributed by atoms with Crippen molar-refractivity contribution in [3.8, 4) is 5.75 Å². The highest BCUT2D eigenvalue weighted by Crippen LogP contribution is 2.21. The van der Waals surface area contributed by atoms with Crippen molar-refractivity contribution in [1.29, 1.82) is 0 Å². The first-order valence-corrected chi connectivity index (χ1v) is 9.53. The highest BCUT2D eigenvalue weighted by molar-refractivity contribution is 5.94. The molecule has 0 spiro atoms. The fourth-order valence-corrected chi connectivity index (χ4v) is 2.94. The van der Waals surface area contributed by atoms with Crippen LogP contribution < -0.4 is 10.1 Å². The van der Waals surface area contributed by atoms with Gasteiger partial charge < -0.3 is 14.6 Å². The molecule has 5 nitrogen and oxygen atoms in total. The zero-order valence-electron chi connectivity index (χ0n) is 16.0. The summed E-state index contributed by atoms with van der Waals surface area (Å²) in [5, 5.41) is 7.81. The van der Waals surface area contributed by atoms with Crippen LogP contribution in [0.3, 0.4) is 0 Å². The molecule has 1 N–H and O–H groups in total. The lowest BCUT2D eigenvalue weighted by Crippen LogP contribution is -2.14. The van der Waals surface area contributed by atoms with Crippen molar-refractivity contribution in [2.45, 2.75) is 46.0 Å². The molecule has 1 aromatic heterocycles. The maximum atomic E-state index is 12.3. The second-order valence-corrected chi connectivity index (χ2v) is 6.79. The van der Waals surface area contributed by atoms with E-state index in [2.05, 4.69) is 17.4 Å². The molecule has 2 aromatic carbocycles. The first-order chi connectivity index (χ1) is 13.2. The van der Waals surface area contributed by atoms with Crippen molar-refractivity contribution >= 4 is 22.6 Å². The number of hydrogen-bond acceptors (Lipinski definition) is 4. The molecule has 0 fully saturated rings. The average molecular weight is 366 g/mol. The van der Waals surface area contributed by atoms with Crippen molar-refractivity contribution in [2.75, 3.05) is 11.9 Å². The van der Waals surface area contributed by atoms with Crippen LogP contribution in [0.1, 0.15) is 43.9 Å². The summed E-state index contributed by atoms with van der Waals surface area (Å²) in [6.45, 7) is 4.92. The number of nitrogens with one attached hydrogen (secondary N) is 1. The fraction of sp³-hybridized carbons (Fsp3) is 0.364. The second-order valence-electron chi connectivity index (χ2n) is 6.79. The highest BCUT2D eigenvalue weighted by atomic mass is 16.5. The number of rotatable bonds is 9. The molecule has 3 aromatic rings. The van der Waals surface area contributed by atoms with Gasteiger partial charge in [-0.3, -0.25) is 4.79 Å². The van der Waals surface area contributed by atoms with E-state index in [0.717, 1.165) is 35.4 Å². The molecule has 0 aliphatic heterocycles. The SMILES string of the molecule is CCCCCCOc1ccc(NC(=O)Cc2noc3ccc(C)cc23)cc1. The van der Waals surface area contributed by atoms with E-state index < -0.39 is 0 Å². The lowest BCUT2D eigenvalue weighted by molar-refractivity contribution is -0.115. The third kappa shape index (κ3) is 5.33. The van der Waals surface area contributed by atoms with E-state index in [-0.39, 0.29) is 12.3 Å². The minimum Gasteiger partial charge on any atom is -0.494 e. The van der Waals surface area contributed by atoms with Gasteiger partial charge in [0.2, 0.25) is 5.91 Å².